The summed E-state index contributed by atoms with van der Waals surface area (Å²) in [6, 6.07) is 1.84. The second kappa shape index (κ2) is 5.37. The first-order valence-electron chi connectivity index (χ1n) is 5.14. The molecule has 0 N–H and O–H groups in total. The average Bonchev–Trinajstić information content (AvgIpc) is 2.99. The molecule has 0 unspecified atom stereocenters. The van der Waals surface area contributed by atoms with E-state index in [0.717, 1.165) is 0 Å². The number of hydrogen-bond acceptors (Lipinski definition) is 7. The number of ether oxygens (including phenoxy) is 1. The summed E-state index contributed by atoms with van der Waals surface area (Å²) in [5.74, 6) is -0.319. The molecule has 0 aromatic carbocycles. The number of carbonyl (C=O) groups excluding carboxylic acids is 1. The summed E-state index contributed by atoms with van der Waals surface area (Å²) < 4.78 is 6.33. The number of aromatic nitrogens is 4. The second-order valence-corrected chi connectivity index (χ2v) is 4.10. The SMILES string of the molecule is CCOC(=O)c1nc(Cn2cnc(C#N)n2)cs1. The number of esters is 1. The minimum atomic E-state index is -0.426. The van der Waals surface area contributed by atoms with Crippen molar-refractivity contribution in [3.05, 3.63) is 28.2 Å². The molecule has 2 aromatic rings. The van der Waals surface area contributed by atoms with Crippen LogP contribution in [-0.2, 0) is 11.3 Å². The molecule has 8 heteroatoms. The summed E-state index contributed by atoms with van der Waals surface area (Å²) in [6.07, 6.45) is 1.45. The molecule has 0 bridgehead atoms. The molecule has 0 atom stereocenters. The molecule has 0 aliphatic heterocycles. The maximum Gasteiger partial charge on any atom is 0.367 e. The smallest absolute Gasteiger partial charge is 0.367 e. The van der Waals surface area contributed by atoms with Crippen LogP contribution in [0.25, 0.3) is 0 Å². The zero-order chi connectivity index (χ0) is 13.0. The topological polar surface area (TPSA) is 93.7 Å². The van der Waals surface area contributed by atoms with E-state index in [9.17, 15) is 4.79 Å². The Morgan fingerprint density at radius 1 is 1.67 bits per heavy atom. The summed E-state index contributed by atoms with van der Waals surface area (Å²) in [7, 11) is 0. The Kier molecular flexibility index (Phi) is 3.64. The Morgan fingerprint density at radius 2 is 2.50 bits per heavy atom. The fraction of sp³-hybridized carbons (Fsp3) is 0.300. The molecular weight excluding hydrogens is 254 g/mol. The third kappa shape index (κ3) is 2.70. The van der Waals surface area contributed by atoms with Crippen LogP contribution in [0.15, 0.2) is 11.7 Å². The lowest BCUT2D eigenvalue weighted by Crippen LogP contribution is -2.05. The van der Waals surface area contributed by atoms with Crippen molar-refractivity contribution >= 4 is 17.3 Å². The molecule has 0 spiro atoms. The van der Waals surface area contributed by atoms with Crippen LogP contribution < -0.4 is 0 Å². The van der Waals surface area contributed by atoms with E-state index in [2.05, 4.69) is 15.1 Å². The Hall–Kier alpha value is -2.27. The van der Waals surface area contributed by atoms with E-state index in [-0.39, 0.29) is 5.82 Å². The van der Waals surface area contributed by atoms with Crippen LogP contribution in [-0.4, -0.2) is 32.3 Å². The third-order valence-corrected chi connectivity index (χ3v) is 2.83. The van der Waals surface area contributed by atoms with Gasteiger partial charge in [-0.05, 0) is 6.92 Å². The molecule has 18 heavy (non-hydrogen) atoms. The van der Waals surface area contributed by atoms with Gasteiger partial charge in [0, 0.05) is 5.38 Å². The quantitative estimate of drug-likeness (QED) is 0.758. The lowest BCUT2D eigenvalue weighted by atomic mass is 10.5. The number of carbonyl (C=O) groups is 1. The molecule has 7 nitrogen and oxygen atoms in total. The Bertz CT molecular complexity index is 597. The molecule has 0 radical (unpaired) electrons. The predicted molar refractivity (Wildman–Crippen MR) is 61.9 cm³/mol. The minimum absolute atomic E-state index is 0.107. The zero-order valence-corrected chi connectivity index (χ0v) is 10.3. The molecule has 2 aromatic heterocycles. The average molecular weight is 263 g/mol. The zero-order valence-electron chi connectivity index (χ0n) is 9.53. The fourth-order valence-corrected chi connectivity index (χ4v) is 1.95. The summed E-state index contributed by atoms with van der Waals surface area (Å²) in [5.41, 5.74) is 0.678. The molecule has 2 rings (SSSR count). The van der Waals surface area contributed by atoms with Crippen LogP contribution in [0.4, 0.5) is 0 Å². The molecule has 0 saturated carbocycles. The molecule has 0 amide bonds. The van der Waals surface area contributed by atoms with Crippen LogP contribution in [0.1, 0.15) is 28.2 Å². The number of rotatable bonds is 4. The molecule has 92 valence electrons. The van der Waals surface area contributed by atoms with Crippen LogP contribution >= 0.6 is 11.3 Å². The van der Waals surface area contributed by atoms with Crippen molar-refractivity contribution in [3.63, 3.8) is 0 Å². The van der Waals surface area contributed by atoms with E-state index >= 15 is 0 Å². The number of hydrogen-bond donors (Lipinski definition) is 0. The first kappa shape index (κ1) is 12.2. The molecule has 0 saturated heterocycles. The fourth-order valence-electron chi connectivity index (χ4n) is 1.25. The van der Waals surface area contributed by atoms with Gasteiger partial charge >= 0.3 is 5.97 Å². The summed E-state index contributed by atoms with van der Waals surface area (Å²) in [6.45, 7) is 2.43. The van der Waals surface area contributed by atoms with E-state index in [4.69, 9.17) is 10.00 Å². The van der Waals surface area contributed by atoms with Gasteiger partial charge in [0.2, 0.25) is 5.01 Å². The first-order chi connectivity index (χ1) is 8.72. The number of thiazole rings is 1. The lowest BCUT2D eigenvalue weighted by molar-refractivity contribution is 0.0525. The van der Waals surface area contributed by atoms with Gasteiger partial charge in [-0.2, -0.15) is 5.26 Å². The van der Waals surface area contributed by atoms with Crippen molar-refractivity contribution in [1.29, 1.82) is 5.26 Å². The highest BCUT2D eigenvalue weighted by Crippen LogP contribution is 2.12. The standard InChI is InChI=1S/C10H9N5O2S/c1-2-17-10(16)9-13-7(5-18-9)4-15-6-12-8(3-11)14-15/h5-6H,2,4H2,1H3. The van der Waals surface area contributed by atoms with Crippen molar-refractivity contribution in [2.24, 2.45) is 0 Å². The first-order valence-corrected chi connectivity index (χ1v) is 6.02. The molecule has 0 aliphatic carbocycles. The highest BCUT2D eigenvalue weighted by Gasteiger charge is 2.12. The molecule has 0 fully saturated rings. The van der Waals surface area contributed by atoms with Crippen molar-refractivity contribution in [2.75, 3.05) is 6.61 Å². The van der Waals surface area contributed by atoms with Gasteiger partial charge in [-0.15, -0.1) is 16.4 Å². The Balaban J connectivity index is 2.07. The van der Waals surface area contributed by atoms with Crippen LogP contribution in [0.5, 0.6) is 0 Å². The second-order valence-electron chi connectivity index (χ2n) is 3.24. The Morgan fingerprint density at radius 3 is 3.17 bits per heavy atom. The normalized spacial score (nSPS) is 10.0. The summed E-state index contributed by atoms with van der Waals surface area (Å²) in [5, 5.41) is 14.6. The summed E-state index contributed by atoms with van der Waals surface area (Å²) >= 11 is 1.22. The van der Waals surface area contributed by atoms with E-state index < -0.39 is 5.97 Å². The predicted octanol–water partition coefficient (Wildman–Crippen LogP) is 0.831. The maximum atomic E-state index is 11.4. The van der Waals surface area contributed by atoms with Gasteiger partial charge in [-0.1, -0.05) is 0 Å². The maximum absolute atomic E-state index is 11.4. The van der Waals surface area contributed by atoms with Gasteiger partial charge in [0.25, 0.3) is 5.82 Å². The Labute approximate surface area is 107 Å². The lowest BCUT2D eigenvalue weighted by Gasteiger charge is -1.96. The van der Waals surface area contributed by atoms with Crippen molar-refractivity contribution in [2.45, 2.75) is 13.5 Å². The van der Waals surface area contributed by atoms with Crippen molar-refractivity contribution in [3.8, 4) is 6.07 Å². The third-order valence-electron chi connectivity index (χ3n) is 1.96. The highest BCUT2D eigenvalue weighted by molar-refractivity contribution is 7.11. The van der Waals surface area contributed by atoms with Crippen LogP contribution in [0.2, 0.25) is 0 Å². The number of nitriles is 1. The van der Waals surface area contributed by atoms with E-state index in [1.165, 1.54) is 22.3 Å². The molecule has 2 heterocycles. The van der Waals surface area contributed by atoms with Gasteiger partial charge in [0.05, 0.1) is 18.8 Å². The van der Waals surface area contributed by atoms with E-state index in [0.29, 0.717) is 23.9 Å². The van der Waals surface area contributed by atoms with Gasteiger partial charge in [0.1, 0.15) is 12.4 Å². The van der Waals surface area contributed by atoms with Gasteiger partial charge in [-0.25, -0.2) is 19.4 Å². The van der Waals surface area contributed by atoms with Gasteiger partial charge in [0.15, 0.2) is 0 Å². The van der Waals surface area contributed by atoms with Crippen LogP contribution in [0.3, 0.4) is 0 Å². The van der Waals surface area contributed by atoms with Crippen molar-refractivity contribution < 1.29 is 9.53 Å². The van der Waals surface area contributed by atoms with Crippen LogP contribution in [0, 0.1) is 11.3 Å². The van der Waals surface area contributed by atoms with E-state index in [1.807, 2.05) is 6.07 Å². The highest BCUT2D eigenvalue weighted by atomic mass is 32.1. The minimum Gasteiger partial charge on any atom is -0.461 e. The van der Waals surface area contributed by atoms with E-state index in [1.54, 1.807) is 12.3 Å². The summed E-state index contributed by atoms with van der Waals surface area (Å²) in [4.78, 5) is 19.3. The largest absolute Gasteiger partial charge is 0.461 e. The molecule has 0 aliphatic rings. The van der Waals surface area contributed by atoms with Gasteiger partial charge < -0.3 is 4.74 Å². The monoisotopic (exact) mass is 263 g/mol. The van der Waals surface area contributed by atoms with Crippen molar-refractivity contribution in [1.82, 2.24) is 19.7 Å². The molecular formula is C10H9N5O2S. The number of nitrogens with zero attached hydrogens (tertiary/aromatic N) is 5. The van der Waals surface area contributed by atoms with Gasteiger partial charge in [-0.3, -0.25) is 0 Å².